The number of carbonyl (C=O) groups is 1. The first-order chi connectivity index (χ1) is 16.0. The fraction of sp³-hybridized carbons (Fsp3) is 0.200. The summed E-state index contributed by atoms with van der Waals surface area (Å²) in [5.41, 5.74) is 2.31. The molecule has 6 nitrogen and oxygen atoms in total. The van der Waals surface area contributed by atoms with E-state index in [0.717, 1.165) is 11.1 Å². The average molecular weight is 480 g/mol. The molecule has 2 aliphatic rings. The van der Waals surface area contributed by atoms with Crippen molar-refractivity contribution < 1.29 is 14.3 Å². The fourth-order valence-corrected chi connectivity index (χ4v) is 5.41. The van der Waals surface area contributed by atoms with Crippen LogP contribution in [0.3, 0.4) is 0 Å². The highest BCUT2D eigenvalue weighted by Crippen LogP contribution is 2.50. The van der Waals surface area contributed by atoms with Gasteiger partial charge in [-0.2, -0.15) is 0 Å². The number of amides is 1. The second-order valence-corrected chi connectivity index (χ2v) is 8.63. The monoisotopic (exact) mass is 479 g/mol. The van der Waals surface area contributed by atoms with Crippen LogP contribution in [0.2, 0.25) is 5.02 Å². The summed E-state index contributed by atoms with van der Waals surface area (Å²) in [4.78, 5) is 17.4. The Balaban J connectivity index is 1.64. The molecule has 0 bridgehead atoms. The van der Waals surface area contributed by atoms with Gasteiger partial charge in [0, 0.05) is 46.9 Å². The van der Waals surface area contributed by atoms with Crippen LogP contribution < -0.4 is 14.8 Å². The van der Waals surface area contributed by atoms with E-state index in [1.54, 1.807) is 26.4 Å². The van der Waals surface area contributed by atoms with Crippen molar-refractivity contribution >= 4 is 40.5 Å². The lowest BCUT2D eigenvalue weighted by Gasteiger charge is -2.41. The van der Waals surface area contributed by atoms with Crippen molar-refractivity contribution in [2.24, 2.45) is 0 Å². The third-order valence-corrected chi connectivity index (χ3v) is 6.77. The van der Waals surface area contributed by atoms with Gasteiger partial charge in [-0.05, 0) is 18.3 Å². The standard InChI is InChI=1S/C25H22ClN3O3S/c1-31-20-14-17(26)15-21(32-2)22(20)27-24(33)29-13-12-28-23(30)18-10-6-7-11-19(18)25(28,29)16-8-4-3-5-9-16/h3-11,14-15H,12-13H2,1-2H3,(H,27,33)/t25-/m0/s1. The van der Waals surface area contributed by atoms with E-state index in [-0.39, 0.29) is 5.91 Å². The van der Waals surface area contributed by atoms with Crippen molar-refractivity contribution in [1.29, 1.82) is 0 Å². The van der Waals surface area contributed by atoms with Gasteiger partial charge < -0.3 is 24.6 Å². The zero-order valence-corrected chi connectivity index (χ0v) is 19.7. The van der Waals surface area contributed by atoms with Gasteiger partial charge in [0.15, 0.2) is 10.8 Å². The molecular weight excluding hydrogens is 458 g/mol. The van der Waals surface area contributed by atoms with Crippen molar-refractivity contribution in [2.75, 3.05) is 32.6 Å². The summed E-state index contributed by atoms with van der Waals surface area (Å²) in [6.07, 6.45) is 0. The first kappa shape index (κ1) is 21.6. The largest absolute Gasteiger partial charge is 0.494 e. The molecule has 33 heavy (non-hydrogen) atoms. The Morgan fingerprint density at radius 1 is 1.00 bits per heavy atom. The summed E-state index contributed by atoms with van der Waals surface area (Å²) in [5, 5.41) is 4.25. The predicted molar refractivity (Wildman–Crippen MR) is 132 cm³/mol. The van der Waals surface area contributed by atoms with Gasteiger partial charge in [-0.1, -0.05) is 60.1 Å². The number of benzene rings is 3. The molecule has 0 aliphatic carbocycles. The molecule has 168 valence electrons. The van der Waals surface area contributed by atoms with Gasteiger partial charge in [-0.25, -0.2) is 0 Å². The Labute approximate surface area is 202 Å². The molecule has 3 aromatic carbocycles. The number of methoxy groups -OCH3 is 2. The number of hydrogen-bond acceptors (Lipinski definition) is 4. The molecule has 2 aliphatic heterocycles. The molecule has 1 N–H and O–H groups in total. The van der Waals surface area contributed by atoms with E-state index in [4.69, 9.17) is 33.3 Å². The van der Waals surface area contributed by atoms with E-state index in [2.05, 4.69) is 10.2 Å². The highest BCUT2D eigenvalue weighted by Gasteiger charge is 2.58. The summed E-state index contributed by atoms with van der Waals surface area (Å²) in [6.45, 7) is 1.11. The van der Waals surface area contributed by atoms with E-state index in [9.17, 15) is 4.79 Å². The summed E-state index contributed by atoms with van der Waals surface area (Å²) in [5.74, 6) is 1.02. The van der Waals surface area contributed by atoms with Gasteiger partial charge in [-0.15, -0.1) is 0 Å². The topological polar surface area (TPSA) is 54.0 Å². The minimum absolute atomic E-state index is 0.00130. The number of nitrogens with zero attached hydrogens (tertiary/aromatic N) is 2. The minimum atomic E-state index is -0.841. The number of carbonyl (C=O) groups excluding carboxylic acids is 1. The first-order valence-corrected chi connectivity index (χ1v) is 11.3. The molecule has 1 amide bonds. The zero-order valence-electron chi connectivity index (χ0n) is 18.2. The molecule has 1 saturated heterocycles. The average Bonchev–Trinajstić information content (AvgIpc) is 3.36. The third kappa shape index (κ3) is 3.14. The number of nitrogens with one attached hydrogen (secondary N) is 1. The SMILES string of the molecule is COc1cc(Cl)cc(OC)c1NC(=S)N1CCN2C(=O)c3ccccc3[C@@]21c1ccccc1. The molecule has 8 heteroatoms. The third-order valence-electron chi connectivity index (χ3n) is 6.23. The van der Waals surface area contributed by atoms with Gasteiger partial charge in [0.05, 0.1) is 14.2 Å². The molecule has 0 saturated carbocycles. The van der Waals surface area contributed by atoms with Crippen molar-refractivity contribution in [3.63, 3.8) is 0 Å². The van der Waals surface area contributed by atoms with Crippen LogP contribution in [0, 0.1) is 0 Å². The molecular formula is C25H22ClN3O3S. The molecule has 0 unspecified atom stereocenters. The van der Waals surface area contributed by atoms with E-state index in [1.165, 1.54) is 0 Å². The molecule has 5 rings (SSSR count). The molecule has 3 aromatic rings. The maximum Gasteiger partial charge on any atom is 0.256 e. The highest BCUT2D eigenvalue weighted by atomic mass is 35.5. The summed E-state index contributed by atoms with van der Waals surface area (Å²) >= 11 is 12.2. The number of rotatable bonds is 4. The van der Waals surface area contributed by atoms with Crippen molar-refractivity contribution in [2.45, 2.75) is 5.66 Å². The van der Waals surface area contributed by atoms with Gasteiger partial charge >= 0.3 is 0 Å². The van der Waals surface area contributed by atoms with Crippen molar-refractivity contribution in [1.82, 2.24) is 9.80 Å². The second-order valence-electron chi connectivity index (χ2n) is 7.81. The fourth-order valence-electron chi connectivity index (χ4n) is 4.89. The van der Waals surface area contributed by atoms with Gasteiger partial charge in [0.2, 0.25) is 0 Å². The second kappa shape index (κ2) is 8.24. The van der Waals surface area contributed by atoms with Gasteiger partial charge in [-0.3, -0.25) is 4.79 Å². The lowest BCUT2D eigenvalue weighted by molar-refractivity contribution is 0.0604. The maximum atomic E-state index is 13.4. The van der Waals surface area contributed by atoms with Crippen molar-refractivity contribution in [3.05, 3.63) is 88.4 Å². The van der Waals surface area contributed by atoms with Crippen LogP contribution in [-0.4, -0.2) is 48.1 Å². The van der Waals surface area contributed by atoms with Crippen LogP contribution in [0.15, 0.2) is 66.7 Å². The highest BCUT2D eigenvalue weighted by molar-refractivity contribution is 7.80. The Kier molecular flexibility index (Phi) is 5.38. The van der Waals surface area contributed by atoms with E-state index in [0.29, 0.717) is 46.0 Å². The molecule has 0 aromatic heterocycles. The summed E-state index contributed by atoms with van der Waals surface area (Å²) in [6, 6.07) is 21.1. The van der Waals surface area contributed by atoms with Crippen LogP contribution >= 0.6 is 23.8 Å². The van der Waals surface area contributed by atoms with Crippen molar-refractivity contribution in [3.8, 4) is 11.5 Å². The quantitative estimate of drug-likeness (QED) is 0.546. The zero-order chi connectivity index (χ0) is 23.2. The number of halogens is 1. The smallest absolute Gasteiger partial charge is 0.256 e. The Hall–Kier alpha value is -3.29. The Morgan fingerprint density at radius 2 is 1.64 bits per heavy atom. The van der Waals surface area contributed by atoms with Crippen LogP contribution in [0.1, 0.15) is 21.5 Å². The molecule has 1 atom stereocenters. The van der Waals surface area contributed by atoms with Crippen LogP contribution in [0.5, 0.6) is 11.5 Å². The van der Waals surface area contributed by atoms with E-state index < -0.39 is 5.66 Å². The van der Waals surface area contributed by atoms with Crippen LogP contribution in [-0.2, 0) is 5.66 Å². The Morgan fingerprint density at radius 3 is 2.30 bits per heavy atom. The van der Waals surface area contributed by atoms with E-state index in [1.807, 2.05) is 59.5 Å². The Bertz CT molecular complexity index is 1230. The lowest BCUT2D eigenvalue weighted by atomic mass is 9.90. The number of thiocarbonyl (C=S) groups is 1. The normalized spacial score (nSPS) is 18.7. The van der Waals surface area contributed by atoms with Crippen LogP contribution in [0.25, 0.3) is 0 Å². The van der Waals surface area contributed by atoms with Crippen LogP contribution in [0.4, 0.5) is 5.69 Å². The number of fused-ring (bicyclic) bond motifs is 3. The van der Waals surface area contributed by atoms with Gasteiger partial charge in [0.25, 0.3) is 5.91 Å². The number of anilines is 1. The summed E-state index contributed by atoms with van der Waals surface area (Å²) < 4.78 is 11.1. The molecule has 0 spiro atoms. The molecule has 2 heterocycles. The number of hydrogen-bond donors (Lipinski definition) is 1. The maximum absolute atomic E-state index is 13.4. The minimum Gasteiger partial charge on any atom is -0.494 e. The molecule has 0 radical (unpaired) electrons. The predicted octanol–water partition coefficient (Wildman–Crippen LogP) is 4.73. The molecule has 1 fully saturated rings. The first-order valence-electron chi connectivity index (χ1n) is 10.5. The van der Waals surface area contributed by atoms with E-state index >= 15 is 0 Å². The number of ether oxygens (including phenoxy) is 2. The van der Waals surface area contributed by atoms with Gasteiger partial charge in [0.1, 0.15) is 17.2 Å². The summed E-state index contributed by atoms with van der Waals surface area (Å²) in [7, 11) is 3.13. The lowest BCUT2D eigenvalue weighted by Crippen LogP contribution is -2.52.